The van der Waals surface area contributed by atoms with Gasteiger partial charge in [0.1, 0.15) is 5.70 Å². The van der Waals surface area contributed by atoms with Crippen molar-refractivity contribution in [2.75, 3.05) is 0 Å². The molecule has 2 heterocycles. The van der Waals surface area contributed by atoms with Crippen LogP contribution in [-0.2, 0) is 4.79 Å². The first kappa shape index (κ1) is 15.9. The maximum absolute atomic E-state index is 12.9. The summed E-state index contributed by atoms with van der Waals surface area (Å²) in [6, 6.07) is 14.5. The molecule has 4 nitrogen and oxygen atoms in total. The van der Waals surface area contributed by atoms with Gasteiger partial charge in [0.25, 0.3) is 0 Å². The predicted octanol–water partition coefficient (Wildman–Crippen LogP) is 4.32. The second-order valence-corrected chi connectivity index (χ2v) is 8.14. The largest absolute Gasteiger partial charge is 0.287 e. The van der Waals surface area contributed by atoms with Crippen molar-refractivity contribution >= 4 is 45.8 Å². The minimum atomic E-state index is -0.441. The molecule has 0 radical (unpaired) electrons. The highest BCUT2D eigenvalue weighted by molar-refractivity contribution is 8.15. The lowest BCUT2D eigenvalue weighted by atomic mass is 9.91. The van der Waals surface area contributed by atoms with Crippen LogP contribution in [0.2, 0.25) is 5.02 Å². The highest BCUT2D eigenvalue weighted by atomic mass is 35.5. The Labute approximate surface area is 159 Å². The van der Waals surface area contributed by atoms with Gasteiger partial charge in [0.2, 0.25) is 11.7 Å². The molecule has 2 aromatic rings. The zero-order valence-corrected chi connectivity index (χ0v) is 15.3. The maximum Gasteiger partial charge on any atom is 0.242 e. The first-order valence-corrected chi connectivity index (χ1v) is 9.55. The number of benzene rings is 2. The third-order valence-corrected chi connectivity index (χ3v) is 6.34. The van der Waals surface area contributed by atoms with Gasteiger partial charge in [-0.2, -0.15) is 0 Å². The number of amides is 1. The smallest absolute Gasteiger partial charge is 0.242 e. The fraction of sp³-hybridized carbons (Fsp3) is 0.150. The summed E-state index contributed by atoms with van der Waals surface area (Å²) in [7, 11) is 0. The van der Waals surface area contributed by atoms with Crippen molar-refractivity contribution in [3.63, 3.8) is 0 Å². The molecule has 5 rings (SSSR count). The highest BCUT2D eigenvalue weighted by Crippen LogP contribution is 2.51. The number of Topliss-reactive ketones (excluding diaryl/α,β-unsaturated/α-hetero) is 1. The van der Waals surface area contributed by atoms with Crippen molar-refractivity contribution < 1.29 is 9.59 Å². The Bertz CT molecular complexity index is 1060. The van der Waals surface area contributed by atoms with Crippen molar-refractivity contribution in [1.29, 1.82) is 0 Å². The normalized spacial score (nSPS) is 23.8. The summed E-state index contributed by atoms with van der Waals surface area (Å²) in [6.07, 6.45) is 0. The van der Waals surface area contributed by atoms with E-state index in [-0.39, 0.29) is 16.9 Å². The summed E-state index contributed by atoms with van der Waals surface area (Å²) in [5, 5.41) is 0.913. The lowest BCUT2D eigenvalue weighted by Gasteiger charge is -2.33. The van der Waals surface area contributed by atoms with Gasteiger partial charge >= 0.3 is 0 Å². The van der Waals surface area contributed by atoms with Crippen LogP contribution in [0.15, 0.2) is 59.2 Å². The number of carbonyl (C=O) groups excluding carboxylic acids is 2. The van der Waals surface area contributed by atoms with Crippen molar-refractivity contribution in [3.8, 4) is 0 Å². The van der Waals surface area contributed by atoms with Crippen molar-refractivity contribution in [2.24, 2.45) is 4.99 Å². The van der Waals surface area contributed by atoms with Gasteiger partial charge in [-0.25, -0.2) is 4.99 Å². The lowest BCUT2D eigenvalue weighted by Crippen LogP contribution is -2.38. The lowest BCUT2D eigenvalue weighted by molar-refractivity contribution is -0.126. The molecule has 0 N–H and O–H groups in total. The first-order valence-electron chi connectivity index (χ1n) is 8.29. The van der Waals surface area contributed by atoms with Gasteiger partial charge in [-0.05, 0) is 24.1 Å². The standard InChI is InChI=1S/C20H13ClN2O2S/c1-10-19(25)23-17(13-8-4-5-9-14(13)21)15-11-6-2-3-7-12(11)18(24)16(15)22-20(23)26-10/h2-10,17H,1H3/t10-,17+/m1/s1. The molecule has 26 heavy (non-hydrogen) atoms. The average Bonchev–Trinajstić information content (AvgIpc) is 3.09. The van der Waals surface area contributed by atoms with E-state index in [0.717, 1.165) is 16.7 Å². The van der Waals surface area contributed by atoms with Crippen LogP contribution in [0, 0.1) is 0 Å². The zero-order valence-electron chi connectivity index (χ0n) is 13.8. The van der Waals surface area contributed by atoms with Crippen LogP contribution < -0.4 is 0 Å². The Morgan fingerprint density at radius 2 is 1.73 bits per heavy atom. The molecule has 2 aliphatic heterocycles. The average molecular weight is 381 g/mol. The molecule has 0 spiro atoms. The van der Waals surface area contributed by atoms with E-state index in [0.29, 0.717) is 21.5 Å². The molecule has 2 aromatic carbocycles. The van der Waals surface area contributed by atoms with E-state index >= 15 is 0 Å². The summed E-state index contributed by atoms with van der Waals surface area (Å²) in [5.41, 5.74) is 3.46. The molecule has 1 amide bonds. The number of thioether (sulfide) groups is 1. The van der Waals surface area contributed by atoms with Crippen LogP contribution in [0.25, 0.3) is 5.57 Å². The fourth-order valence-electron chi connectivity index (χ4n) is 3.77. The number of aliphatic imine (C=N–C) groups is 1. The van der Waals surface area contributed by atoms with Crippen molar-refractivity contribution in [1.82, 2.24) is 4.90 Å². The monoisotopic (exact) mass is 380 g/mol. The van der Waals surface area contributed by atoms with E-state index in [2.05, 4.69) is 4.99 Å². The third kappa shape index (κ3) is 2.01. The summed E-state index contributed by atoms with van der Waals surface area (Å²) in [4.78, 5) is 32.1. The Morgan fingerprint density at radius 1 is 1.04 bits per heavy atom. The number of rotatable bonds is 1. The number of carbonyl (C=O) groups is 2. The van der Waals surface area contributed by atoms with Gasteiger partial charge in [-0.3, -0.25) is 14.5 Å². The number of nitrogens with zero attached hydrogens (tertiary/aromatic N) is 2. The molecule has 6 heteroatoms. The van der Waals surface area contributed by atoms with Gasteiger partial charge in [0.05, 0.1) is 11.3 Å². The van der Waals surface area contributed by atoms with E-state index in [9.17, 15) is 9.59 Å². The molecule has 0 bridgehead atoms. The quantitative estimate of drug-likeness (QED) is 0.740. The van der Waals surface area contributed by atoms with E-state index in [1.165, 1.54) is 11.8 Å². The summed E-state index contributed by atoms with van der Waals surface area (Å²) in [5.74, 6) is -0.102. The molecule has 2 atom stereocenters. The topological polar surface area (TPSA) is 49.7 Å². The van der Waals surface area contributed by atoms with Gasteiger partial charge in [-0.1, -0.05) is 65.8 Å². The number of ketones is 1. The Hall–Kier alpha value is -2.37. The molecule has 1 aliphatic carbocycles. The van der Waals surface area contributed by atoms with Gasteiger partial charge in [0.15, 0.2) is 5.17 Å². The molecule has 3 aliphatic rings. The van der Waals surface area contributed by atoms with E-state index in [1.54, 1.807) is 4.90 Å². The van der Waals surface area contributed by atoms with Crippen molar-refractivity contribution in [3.05, 3.63) is 75.9 Å². The summed E-state index contributed by atoms with van der Waals surface area (Å²) < 4.78 is 0. The fourth-order valence-corrected chi connectivity index (χ4v) is 4.99. The third-order valence-electron chi connectivity index (χ3n) is 4.94. The van der Waals surface area contributed by atoms with Gasteiger partial charge < -0.3 is 0 Å². The van der Waals surface area contributed by atoms with Crippen LogP contribution >= 0.6 is 23.4 Å². The molecular weight excluding hydrogens is 368 g/mol. The van der Waals surface area contributed by atoms with Crippen molar-refractivity contribution in [2.45, 2.75) is 18.2 Å². The van der Waals surface area contributed by atoms with Crippen LogP contribution in [0.1, 0.15) is 34.5 Å². The number of allylic oxidation sites excluding steroid dienone is 1. The Morgan fingerprint density at radius 3 is 2.50 bits per heavy atom. The number of hydrogen-bond acceptors (Lipinski definition) is 4. The van der Waals surface area contributed by atoms with Gasteiger partial charge in [0, 0.05) is 16.2 Å². The first-order chi connectivity index (χ1) is 12.6. The van der Waals surface area contributed by atoms with Gasteiger partial charge in [-0.15, -0.1) is 0 Å². The van der Waals surface area contributed by atoms with E-state index in [1.807, 2.05) is 55.5 Å². The summed E-state index contributed by atoms with van der Waals surface area (Å²) in [6.45, 7) is 1.86. The zero-order chi connectivity index (χ0) is 18.0. The summed E-state index contributed by atoms with van der Waals surface area (Å²) >= 11 is 7.88. The SMILES string of the molecule is C[C@H]1SC2=NC3=C(c4ccccc4C3=O)[C@H](c3ccccc3Cl)N2C1=O. The second-order valence-electron chi connectivity index (χ2n) is 6.42. The highest BCUT2D eigenvalue weighted by Gasteiger charge is 2.49. The second kappa shape index (κ2) is 5.56. The molecule has 0 saturated carbocycles. The Balaban J connectivity index is 1.81. The van der Waals surface area contributed by atoms with Crippen LogP contribution in [-0.4, -0.2) is 27.0 Å². The van der Waals surface area contributed by atoms with Crippen LogP contribution in [0.3, 0.4) is 0 Å². The number of hydrogen-bond donors (Lipinski definition) is 0. The number of fused-ring (bicyclic) bond motifs is 3. The molecule has 1 fully saturated rings. The Kier molecular flexibility index (Phi) is 3.39. The molecule has 1 saturated heterocycles. The minimum absolute atomic E-state index is 0.0120. The van der Waals surface area contributed by atoms with Crippen LogP contribution in [0.4, 0.5) is 0 Å². The maximum atomic E-state index is 12.9. The minimum Gasteiger partial charge on any atom is -0.287 e. The molecule has 128 valence electrons. The molecule has 0 aromatic heterocycles. The van der Waals surface area contributed by atoms with Crippen LogP contribution in [0.5, 0.6) is 0 Å². The van der Waals surface area contributed by atoms with E-state index in [4.69, 9.17) is 11.6 Å². The molecular formula is C20H13ClN2O2S. The molecule has 0 unspecified atom stereocenters. The number of amidine groups is 1. The number of halogens is 1. The van der Waals surface area contributed by atoms with E-state index < -0.39 is 6.04 Å². The predicted molar refractivity (Wildman–Crippen MR) is 103 cm³/mol.